The van der Waals surface area contributed by atoms with Crippen LogP contribution in [0.1, 0.15) is 49.4 Å². The zero-order chi connectivity index (χ0) is 13.9. The van der Waals surface area contributed by atoms with E-state index in [1.54, 1.807) is 18.2 Å². The normalized spacial score (nSPS) is 17.4. The van der Waals surface area contributed by atoms with Gasteiger partial charge in [-0.15, -0.1) is 0 Å². The maximum Gasteiger partial charge on any atom is 0.251 e. The molecule has 0 radical (unpaired) electrons. The van der Waals surface area contributed by atoms with E-state index in [0.29, 0.717) is 16.7 Å². The van der Waals surface area contributed by atoms with Crippen molar-refractivity contribution in [3.8, 4) is 0 Å². The van der Waals surface area contributed by atoms with E-state index in [9.17, 15) is 4.79 Å². The van der Waals surface area contributed by atoms with E-state index in [4.69, 9.17) is 5.73 Å². The highest BCUT2D eigenvalue weighted by Crippen LogP contribution is 2.40. The fourth-order valence-corrected chi connectivity index (χ4v) is 3.20. The van der Waals surface area contributed by atoms with Crippen LogP contribution in [0.25, 0.3) is 0 Å². The van der Waals surface area contributed by atoms with E-state index in [1.165, 1.54) is 25.7 Å². The highest BCUT2D eigenvalue weighted by Gasteiger charge is 2.32. The molecule has 1 aliphatic carbocycles. The topological polar surface area (TPSA) is 55.1 Å². The van der Waals surface area contributed by atoms with Crippen LogP contribution in [-0.4, -0.2) is 12.5 Å². The van der Waals surface area contributed by atoms with Crippen LogP contribution in [0, 0.1) is 5.41 Å². The van der Waals surface area contributed by atoms with Crippen LogP contribution in [0.15, 0.2) is 22.7 Å². The number of hydrogen-bond acceptors (Lipinski definition) is 2. The summed E-state index contributed by atoms with van der Waals surface area (Å²) in [5.41, 5.74) is 7.35. The fraction of sp³-hybridized carbons (Fsp3) is 0.533. The molecule has 0 spiro atoms. The Morgan fingerprint density at radius 2 is 2.11 bits per heavy atom. The maximum absolute atomic E-state index is 12.2. The molecule has 0 atom stereocenters. The summed E-state index contributed by atoms with van der Waals surface area (Å²) in [4.78, 5) is 12.2. The zero-order valence-electron chi connectivity index (χ0n) is 11.3. The van der Waals surface area contributed by atoms with Gasteiger partial charge in [-0.3, -0.25) is 4.79 Å². The number of carbonyl (C=O) groups is 1. The molecule has 0 heterocycles. The fourth-order valence-electron chi connectivity index (χ4n) is 2.82. The first kappa shape index (κ1) is 14.4. The Kier molecular flexibility index (Phi) is 4.50. The maximum atomic E-state index is 12.2. The van der Waals surface area contributed by atoms with E-state index in [0.717, 1.165) is 17.4 Å². The van der Waals surface area contributed by atoms with Gasteiger partial charge in [-0.05, 0) is 58.8 Å². The molecule has 2 rings (SSSR count). The van der Waals surface area contributed by atoms with E-state index in [-0.39, 0.29) is 5.91 Å². The Balaban J connectivity index is 1.99. The molecule has 0 aliphatic heterocycles. The van der Waals surface area contributed by atoms with Crippen molar-refractivity contribution in [3.05, 3.63) is 28.2 Å². The van der Waals surface area contributed by atoms with Crippen molar-refractivity contribution in [2.45, 2.75) is 39.0 Å². The van der Waals surface area contributed by atoms with Crippen LogP contribution >= 0.6 is 15.9 Å². The minimum absolute atomic E-state index is 0.0135. The molecule has 1 aromatic rings. The Bertz CT molecular complexity index is 467. The van der Waals surface area contributed by atoms with Crippen LogP contribution in [0.4, 0.5) is 5.69 Å². The molecular formula is C15H21BrN2O. The summed E-state index contributed by atoms with van der Waals surface area (Å²) >= 11 is 3.35. The van der Waals surface area contributed by atoms with Crippen LogP contribution in [0.5, 0.6) is 0 Å². The van der Waals surface area contributed by atoms with Gasteiger partial charge in [-0.2, -0.15) is 0 Å². The summed E-state index contributed by atoms with van der Waals surface area (Å²) in [6.45, 7) is 3.00. The van der Waals surface area contributed by atoms with Crippen molar-refractivity contribution in [3.63, 3.8) is 0 Å². The van der Waals surface area contributed by atoms with Gasteiger partial charge >= 0.3 is 0 Å². The van der Waals surface area contributed by atoms with E-state index >= 15 is 0 Å². The molecule has 1 amide bonds. The molecule has 1 saturated carbocycles. The predicted molar refractivity (Wildman–Crippen MR) is 82.1 cm³/mol. The van der Waals surface area contributed by atoms with Gasteiger partial charge in [0.2, 0.25) is 0 Å². The molecule has 1 fully saturated rings. The first-order valence-corrected chi connectivity index (χ1v) is 7.69. The largest absolute Gasteiger partial charge is 0.398 e. The SMILES string of the molecule is CCC1(CNC(=O)c2ccc(N)c(Br)c2)CCCC1. The molecule has 0 saturated heterocycles. The average Bonchev–Trinajstić information content (AvgIpc) is 2.89. The number of nitrogen functional groups attached to an aromatic ring is 1. The Morgan fingerprint density at radius 3 is 2.68 bits per heavy atom. The van der Waals surface area contributed by atoms with Crippen molar-refractivity contribution in [2.75, 3.05) is 12.3 Å². The zero-order valence-corrected chi connectivity index (χ0v) is 12.9. The van der Waals surface area contributed by atoms with Crippen molar-refractivity contribution in [1.29, 1.82) is 0 Å². The molecule has 0 aromatic heterocycles. The number of benzene rings is 1. The number of anilines is 1. The summed E-state index contributed by atoms with van der Waals surface area (Å²) in [6, 6.07) is 5.30. The Morgan fingerprint density at radius 1 is 1.42 bits per heavy atom. The molecule has 3 nitrogen and oxygen atoms in total. The molecule has 0 bridgehead atoms. The van der Waals surface area contributed by atoms with Gasteiger partial charge in [-0.1, -0.05) is 19.8 Å². The number of amides is 1. The number of rotatable bonds is 4. The first-order valence-electron chi connectivity index (χ1n) is 6.89. The van der Waals surface area contributed by atoms with Crippen LogP contribution in [0.3, 0.4) is 0 Å². The van der Waals surface area contributed by atoms with Crippen molar-refractivity contribution >= 4 is 27.5 Å². The second kappa shape index (κ2) is 5.95. The number of carbonyl (C=O) groups excluding carboxylic acids is 1. The van der Waals surface area contributed by atoms with Crippen molar-refractivity contribution in [2.24, 2.45) is 5.41 Å². The summed E-state index contributed by atoms with van der Waals surface area (Å²) in [5.74, 6) is -0.0135. The lowest BCUT2D eigenvalue weighted by Gasteiger charge is -2.27. The summed E-state index contributed by atoms with van der Waals surface area (Å²) in [6.07, 6.45) is 6.18. The van der Waals surface area contributed by atoms with Gasteiger partial charge in [0.1, 0.15) is 0 Å². The van der Waals surface area contributed by atoms with Crippen molar-refractivity contribution in [1.82, 2.24) is 5.32 Å². The quantitative estimate of drug-likeness (QED) is 0.829. The van der Waals surface area contributed by atoms with Crippen LogP contribution < -0.4 is 11.1 Å². The molecule has 1 aliphatic rings. The van der Waals surface area contributed by atoms with E-state index < -0.39 is 0 Å². The molecule has 104 valence electrons. The lowest BCUT2D eigenvalue weighted by molar-refractivity contribution is 0.0928. The van der Waals surface area contributed by atoms with Crippen molar-refractivity contribution < 1.29 is 4.79 Å². The number of hydrogen-bond donors (Lipinski definition) is 2. The molecule has 4 heteroatoms. The molecular weight excluding hydrogens is 304 g/mol. The standard InChI is InChI=1S/C15H21BrN2O/c1-2-15(7-3-4-8-15)10-18-14(19)11-5-6-13(17)12(16)9-11/h5-6,9H,2-4,7-8,10,17H2,1H3,(H,18,19). The second-order valence-corrected chi connectivity index (χ2v) is 6.33. The Hall–Kier alpha value is -1.03. The third-order valence-electron chi connectivity index (χ3n) is 4.30. The smallest absolute Gasteiger partial charge is 0.251 e. The van der Waals surface area contributed by atoms with Gasteiger partial charge in [0, 0.05) is 22.3 Å². The number of nitrogens with one attached hydrogen (secondary N) is 1. The van der Waals surface area contributed by atoms with Crippen LogP contribution in [0.2, 0.25) is 0 Å². The summed E-state index contributed by atoms with van der Waals surface area (Å²) in [5, 5.41) is 3.08. The third-order valence-corrected chi connectivity index (χ3v) is 4.99. The minimum atomic E-state index is -0.0135. The lowest BCUT2D eigenvalue weighted by atomic mass is 9.83. The van der Waals surface area contributed by atoms with E-state index in [2.05, 4.69) is 28.2 Å². The third kappa shape index (κ3) is 3.30. The first-order chi connectivity index (χ1) is 9.06. The molecule has 19 heavy (non-hydrogen) atoms. The number of nitrogens with two attached hydrogens (primary N) is 1. The van der Waals surface area contributed by atoms with Crippen LogP contribution in [-0.2, 0) is 0 Å². The minimum Gasteiger partial charge on any atom is -0.398 e. The van der Waals surface area contributed by atoms with E-state index in [1.807, 2.05) is 0 Å². The van der Waals surface area contributed by atoms with Gasteiger partial charge in [-0.25, -0.2) is 0 Å². The van der Waals surface area contributed by atoms with Gasteiger partial charge in [0.05, 0.1) is 0 Å². The summed E-state index contributed by atoms with van der Waals surface area (Å²) < 4.78 is 0.770. The molecule has 0 unspecified atom stereocenters. The molecule has 3 N–H and O–H groups in total. The average molecular weight is 325 g/mol. The monoisotopic (exact) mass is 324 g/mol. The lowest BCUT2D eigenvalue weighted by Crippen LogP contribution is -2.35. The van der Waals surface area contributed by atoms with Gasteiger partial charge < -0.3 is 11.1 Å². The Labute approximate surface area is 123 Å². The number of halogens is 1. The van der Waals surface area contributed by atoms with Gasteiger partial charge in [0.25, 0.3) is 5.91 Å². The predicted octanol–water partition coefficient (Wildman–Crippen LogP) is 3.73. The highest BCUT2D eigenvalue weighted by atomic mass is 79.9. The highest BCUT2D eigenvalue weighted by molar-refractivity contribution is 9.10. The summed E-state index contributed by atoms with van der Waals surface area (Å²) in [7, 11) is 0. The second-order valence-electron chi connectivity index (χ2n) is 5.48. The molecule has 1 aromatic carbocycles. The van der Waals surface area contributed by atoms with Gasteiger partial charge in [0.15, 0.2) is 0 Å².